The molecule has 0 radical (unpaired) electrons. The van der Waals surface area contributed by atoms with Gasteiger partial charge in [-0.2, -0.15) is 0 Å². The van der Waals surface area contributed by atoms with E-state index in [4.69, 9.17) is 0 Å². The monoisotopic (exact) mass is 661 g/mol. The lowest BCUT2D eigenvalue weighted by molar-refractivity contribution is -0.140. The number of hydrogen-bond donors (Lipinski definition) is 1. The fourth-order valence-corrected chi connectivity index (χ4v) is 6.53. The molecule has 0 spiro atoms. The molecular formula is C34H36BrN3O4S. The quantitative estimate of drug-likeness (QED) is 0.201. The Balaban J connectivity index is 1.79. The Hall–Kier alpha value is -3.95. The maximum atomic E-state index is 14.4. The lowest BCUT2D eigenvalue weighted by Gasteiger charge is -2.34. The van der Waals surface area contributed by atoms with Crippen LogP contribution in [0.25, 0.3) is 0 Å². The first-order valence-corrected chi connectivity index (χ1v) is 16.3. The Morgan fingerprint density at radius 2 is 1.44 bits per heavy atom. The maximum absolute atomic E-state index is 14.4. The number of nitrogens with zero attached hydrogens (tertiary/aromatic N) is 2. The summed E-state index contributed by atoms with van der Waals surface area (Å²) in [5.41, 5.74) is 4.03. The van der Waals surface area contributed by atoms with E-state index in [1.165, 1.54) is 17.0 Å². The maximum Gasteiger partial charge on any atom is 0.264 e. The normalized spacial score (nSPS) is 11.9. The Bertz CT molecular complexity index is 1640. The van der Waals surface area contributed by atoms with Gasteiger partial charge in [0.2, 0.25) is 11.8 Å². The van der Waals surface area contributed by atoms with Crippen LogP contribution >= 0.6 is 15.9 Å². The summed E-state index contributed by atoms with van der Waals surface area (Å²) in [6.45, 7) is 5.71. The third-order valence-electron chi connectivity index (χ3n) is 7.08. The molecule has 0 aromatic heterocycles. The van der Waals surface area contributed by atoms with Crippen LogP contribution in [0, 0.1) is 13.8 Å². The number of carbonyl (C=O) groups excluding carboxylic acids is 2. The molecule has 224 valence electrons. The third kappa shape index (κ3) is 8.33. The average molecular weight is 663 g/mol. The summed E-state index contributed by atoms with van der Waals surface area (Å²) in [6, 6.07) is 29.7. The lowest BCUT2D eigenvalue weighted by atomic mass is 10.0. The van der Waals surface area contributed by atoms with Crippen molar-refractivity contribution >= 4 is 43.5 Å². The molecule has 4 aromatic rings. The van der Waals surface area contributed by atoms with Crippen molar-refractivity contribution in [3.8, 4) is 0 Å². The Morgan fingerprint density at radius 1 is 0.814 bits per heavy atom. The molecule has 0 heterocycles. The van der Waals surface area contributed by atoms with Gasteiger partial charge in [0.25, 0.3) is 10.0 Å². The molecule has 0 aliphatic carbocycles. The fourth-order valence-electron chi connectivity index (χ4n) is 4.73. The molecule has 0 aliphatic rings. The van der Waals surface area contributed by atoms with Crippen LogP contribution in [0.2, 0.25) is 0 Å². The number of aryl methyl sites for hydroxylation is 2. The van der Waals surface area contributed by atoms with Crippen LogP contribution in [0.5, 0.6) is 0 Å². The van der Waals surface area contributed by atoms with Crippen LogP contribution in [-0.4, -0.2) is 44.3 Å². The van der Waals surface area contributed by atoms with Crippen LogP contribution in [0.15, 0.2) is 112 Å². The van der Waals surface area contributed by atoms with Crippen molar-refractivity contribution in [2.24, 2.45) is 0 Å². The zero-order valence-electron chi connectivity index (χ0n) is 24.5. The minimum Gasteiger partial charge on any atom is -0.355 e. The van der Waals surface area contributed by atoms with Crippen molar-refractivity contribution in [1.29, 1.82) is 0 Å². The van der Waals surface area contributed by atoms with E-state index in [-0.39, 0.29) is 23.8 Å². The SMILES string of the molecule is CCNC(=O)[C@@H](Cc1ccccc1)N(Cc1ccc(C)cc1)C(=O)CN(c1cccc(Br)c1)S(=O)(=O)c1ccc(C)cc1. The number of sulfonamides is 1. The molecule has 4 rings (SSSR count). The third-order valence-corrected chi connectivity index (χ3v) is 9.36. The summed E-state index contributed by atoms with van der Waals surface area (Å²) >= 11 is 3.44. The number of anilines is 1. The van der Waals surface area contributed by atoms with E-state index >= 15 is 0 Å². The zero-order chi connectivity index (χ0) is 31.0. The molecule has 0 saturated heterocycles. The number of benzene rings is 4. The molecule has 43 heavy (non-hydrogen) atoms. The molecule has 0 saturated carbocycles. The van der Waals surface area contributed by atoms with E-state index in [9.17, 15) is 18.0 Å². The highest BCUT2D eigenvalue weighted by Crippen LogP contribution is 2.27. The van der Waals surface area contributed by atoms with E-state index in [0.29, 0.717) is 16.7 Å². The number of likely N-dealkylation sites (N-methyl/N-ethyl adjacent to an activating group) is 1. The molecule has 0 aliphatic heterocycles. The first-order chi connectivity index (χ1) is 20.6. The molecule has 0 unspecified atom stereocenters. The minimum atomic E-state index is -4.15. The van der Waals surface area contributed by atoms with Gasteiger partial charge in [0, 0.05) is 24.0 Å². The molecule has 1 atom stereocenters. The second-order valence-electron chi connectivity index (χ2n) is 10.4. The molecule has 0 bridgehead atoms. The van der Waals surface area contributed by atoms with Crippen molar-refractivity contribution < 1.29 is 18.0 Å². The molecule has 1 N–H and O–H groups in total. The molecule has 4 aromatic carbocycles. The van der Waals surface area contributed by atoms with Crippen molar-refractivity contribution in [2.45, 2.75) is 44.7 Å². The predicted octanol–water partition coefficient (Wildman–Crippen LogP) is 6.04. The van der Waals surface area contributed by atoms with Gasteiger partial charge in [0.15, 0.2) is 0 Å². The van der Waals surface area contributed by atoms with Crippen LogP contribution in [0.1, 0.15) is 29.2 Å². The number of hydrogen-bond acceptors (Lipinski definition) is 4. The van der Waals surface area contributed by atoms with E-state index in [0.717, 1.165) is 26.6 Å². The van der Waals surface area contributed by atoms with Crippen molar-refractivity contribution in [3.05, 3.63) is 130 Å². The highest BCUT2D eigenvalue weighted by molar-refractivity contribution is 9.10. The van der Waals surface area contributed by atoms with Gasteiger partial charge in [-0.15, -0.1) is 0 Å². The number of rotatable bonds is 12. The first kappa shape index (κ1) is 32.0. The smallest absolute Gasteiger partial charge is 0.264 e. The van der Waals surface area contributed by atoms with Gasteiger partial charge >= 0.3 is 0 Å². The summed E-state index contributed by atoms with van der Waals surface area (Å²) in [4.78, 5) is 29.5. The number of amides is 2. The van der Waals surface area contributed by atoms with Gasteiger partial charge in [-0.3, -0.25) is 13.9 Å². The predicted molar refractivity (Wildman–Crippen MR) is 174 cm³/mol. The van der Waals surface area contributed by atoms with Gasteiger partial charge in [0.1, 0.15) is 12.6 Å². The Kier molecular flexibility index (Phi) is 10.8. The average Bonchev–Trinajstić information content (AvgIpc) is 2.99. The van der Waals surface area contributed by atoms with E-state index in [2.05, 4.69) is 21.2 Å². The minimum absolute atomic E-state index is 0.0699. The summed E-state index contributed by atoms with van der Waals surface area (Å²) in [5, 5.41) is 2.88. The fraction of sp³-hybridized carbons (Fsp3) is 0.235. The zero-order valence-corrected chi connectivity index (χ0v) is 26.9. The van der Waals surface area contributed by atoms with Gasteiger partial charge < -0.3 is 10.2 Å². The standard InChI is InChI=1S/C34H36BrN3O4S/c1-4-36-34(40)32(21-27-9-6-5-7-10-27)37(23-28-17-13-25(2)14-18-28)33(39)24-38(30-12-8-11-29(35)22-30)43(41,42)31-19-15-26(3)16-20-31/h5-20,22,32H,4,21,23-24H2,1-3H3,(H,36,40)/t32-/m1/s1. The van der Waals surface area contributed by atoms with Crippen LogP contribution in [-0.2, 0) is 32.6 Å². The van der Waals surface area contributed by atoms with E-state index in [1.54, 1.807) is 36.4 Å². The van der Waals surface area contributed by atoms with E-state index in [1.807, 2.05) is 75.4 Å². The number of carbonyl (C=O) groups is 2. The van der Waals surface area contributed by atoms with Gasteiger partial charge in [-0.05, 0) is 62.2 Å². The van der Waals surface area contributed by atoms with Gasteiger partial charge in [-0.25, -0.2) is 8.42 Å². The highest BCUT2D eigenvalue weighted by atomic mass is 79.9. The summed E-state index contributed by atoms with van der Waals surface area (Å²) in [5.74, 6) is -0.800. The second-order valence-corrected chi connectivity index (χ2v) is 13.2. The Labute approximate surface area is 262 Å². The van der Waals surface area contributed by atoms with Crippen LogP contribution in [0.4, 0.5) is 5.69 Å². The molecule has 9 heteroatoms. The summed E-state index contributed by atoms with van der Waals surface area (Å²) < 4.78 is 29.9. The van der Waals surface area contributed by atoms with Gasteiger partial charge in [-0.1, -0.05) is 99.9 Å². The topological polar surface area (TPSA) is 86.8 Å². The molecule has 2 amide bonds. The van der Waals surface area contributed by atoms with Crippen molar-refractivity contribution in [2.75, 3.05) is 17.4 Å². The second kappa shape index (κ2) is 14.5. The Morgan fingerprint density at radius 3 is 2.05 bits per heavy atom. The molecule has 0 fully saturated rings. The summed E-state index contributed by atoms with van der Waals surface area (Å²) in [6.07, 6.45) is 0.270. The number of nitrogens with one attached hydrogen (secondary N) is 1. The van der Waals surface area contributed by atoms with Crippen molar-refractivity contribution in [1.82, 2.24) is 10.2 Å². The van der Waals surface area contributed by atoms with Gasteiger partial charge in [0.05, 0.1) is 10.6 Å². The molecule has 7 nitrogen and oxygen atoms in total. The highest BCUT2D eigenvalue weighted by Gasteiger charge is 2.34. The lowest BCUT2D eigenvalue weighted by Crippen LogP contribution is -2.53. The van der Waals surface area contributed by atoms with Crippen LogP contribution in [0.3, 0.4) is 0 Å². The van der Waals surface area contributed by atoms with Crippen molar-refractivity contribution in [3.63, 3.8) is 0 Å². The summed E-state index contributed by atoms with van der Waals surface area (Å²) in [7, 11) is -4.15. The number of halogens is 1. The van der Waals surface area contributed by atoms with Crippen LogP contribution < -0.4 is 9.62 Å². The largest absolute Gasteiger partial charge is 0.355 e. The first-order valence-electron chi connectivity index (χ1n) is 14.1. The molecular weight excluding hydrogens is 626 g/mol. The van der Waals surface area contributed by atoms with E-state index < -0.39 is 28.5 Å².